The second-order valence-corrected chi connectivity index (χ2v) is 4.93. The van der Waals surface area contributed by atoms with E-state index < -0.39 is 11.9 Å². The van der Waals surface area contributed by atoms with E-state index >= 15 is 0 Å². The van der Waals surface area contributed by atoms with Gasteiger partial charge in [-0.15, -0.1) is 0 Å². The minimum Gasteiger partial charge on any atom is -0.481 e. The van der Waals surface area contributed by atoms with Gasteiger partial charge in [0.05, 0.1) is 12.0 Å². The molecule has 2 atom stereocenters. The SMILES string of the molecule is Cc1ccccc1CNC(=O)NC1C=CC(C(=O)O)C1. The lowest BCUT2D eigenvalue weighted by molar-refractivity contribution is -0.140. The number of carbonyl (C=O) groups is 2. The zero-order valence-corrected chi connectivity index (χ0v) is 11.3. The molecule has 0 radical (unpaired) electrons. The van der Waals surface area contributed by atoms with Crippen LogP contribution in [0.5, 0.6) is 0 Å². The van der Waals surface area contributed by atoms with E-state index in [9.17, 15) is 9.59 Å². The van der Waals surface area contributed by atoms with Crippen LogP contribution in [0, 0.1) is 12.8 Å². The third-order valence-electron chi connectivity index (χ3n) is 3.42. The fourth-order valence-electron chi connectivity index (χ4n) is 2.19. The third-order valence-corrected chi connectivity index (χ3v) is 3.42. The number of aliphatic carboxylic acids is 1. The van der Waals surface area contributed by atoms with E-state index in [-0.39, 0.29) is 12.1 Å². The van der Waals surface area contributed by atoms with Gasteiger partial charge in [0.2, 0.25) is 0 Å². The minimum atomic E-state index is -0.856. The van der Waals surface area contributed by atoms with Crippen molar-refractivity contribution in [2.45, 2.75) is 25.9 Å². The number of amides is 2. The van der Waals surface area contributed by atoms with Gasteiger partial charge in [-0.05, 0) is 24.5 Å². The number of rotatable bonds is 4. The fourth-order valence-corrected chi connectivity index (χ4v) is 2.19. The maximum absolute atomic E-state index is 11.8. The Morgan fingerprint density at radius 2 is 2.05 bits per heavy atom. The monoisotopic (exact) mass is 274 g/mol. The Hall–Kier alpha value is -2.30. The van der Waals surface area contributed by atoms with E-state index in [2.05, 4.69) is 10.6 Å². The van der Waals surface area contributed by atoms with Gasteiger partial charge < -0.3 is 15.7 Å². The second kappa shape index (κ2) is 6.23. The molecule has 1 aromatic carbocycles. The van der Waals surface area contributed by atoms with E-state index in [1.54, 1.807) is 12.2 Å². The molecule has 5 nitrogen and oxygen atoms in total. The number of hydrogen-bond donors (Lipinski definition) is 3. The lowest BCUT2D eigenvalue weighted by Gasteiger charge is -2.13. The van der Waals surface area contributed by atoms with Crippen LogP contribution in [0.4, 0.5) is 4.79 Å². The Morgan fingerprint density at radius 1 is 1.30 bits per heavy atom. The Balaban J connectivity index is 1.78. The van der Waals surface area contributed by atoms with Crippen LogP contribution >= 0.6 is 0 Å². The molecule has 0 saturated heterocycles. The molecule has 2 unspecified atom stereocenters. The van der Waals surface area contributed by atoms with E-state index in [4.69, 9.17) is 5.11 Å². The Morgan fingerprint density at radius 3 is 2.70 bits per heavy atom. The molecular formula is C15H18N2O3. The van der Waals surface area contributed by atoms with Gasteiger partial charge in [-0.2, -0.15) is 0 Å². The van der Waals surface area contributed by atoms with Crippen LogP contribution in [0.15, 0.2) is 36.4 Å². The number of carboxylic acid groups (broad SMARTS) is 1. The van der Waals surface area contributed by atoms with Crippen LogP contribution in [-0.4, -0.2) is 23.1 Å². The molecule has 1 aliphatic rings. The smallest absolute Gasteiger partial charge is 0.315 e. The Bertz CT molecular complexity index is 540. The Labute approximate surface area is 117 Å². The second-order valence-electron chi connectivity index (χ2n) is 4.93. The maximum Gasteiger partial charge on any atom is 0.315 e. The normalized spacial score (nSPS) is 20.6. The molecule has 2 amide bonds. The summed E-state index contributed by atoms with van der Waals surface area (Å²) in [4.78, 5) is 22.6. The van der Waals surface area contributed by atoms with E-state index in [1.165, 1.54) is 0 Å². The first-order valence-electron chi connectivity index (χ1n) is 6.56. The average Bonchev–Trinajstić information content (AvgIpc) is 2.86. The zero-order chi connectivity index (χ0) is 14.5. The van der Waals surface area contributed by atoms with Crippen molar-refractivity contribution in [1.29, 1.82) is 0 Å². The summed E-state index contributed by atoms with van der Waals surface area (Å²) in [7, 11) is 0. The van der Waals surface area contributed by atoms with Crippen LogP contribution in [0.2, 0.25) is 0 Å². The summed E-state index contributed by atoms with van der Waals surface area (Å²) >= 11 is 0. The first kappa shape index (κ1) is 14.1. The molecule has 106 valence electrons. The molecule has 1 aromatic rings. The standard InChI is InChI=1S/C15H18N2O3/c1-10-4-2-3-5-12(10)9-16-15(20)17-13-7-6-11(8-13)14(18)19/h2-7,11,13H,8-9H2,1H3,(H,18,19)(H2,16,17,20). The molecule has 0 saturated carbocycles. The molecule has 0 bridgehead atoms. The van der Waals surface area contributed by atoms with Gasteiger partial charge in [0.15, 0.2) is 0 Å². The molecule has 20 heavy (non-hydrogen) atoms. The highest BCUT2D eigenvalue weighted by Gasteiger charge is 2.25. The molecule has 3 N–H and O–H groups in total. The predicted molar refractivity (Wildman–Crippen MR) is 75.2 cm³/mol. The summed E-state index contributed by atoms with van der Waals surface area (Å²) in [5, 5.41) is 14.4. The Kier molecular flexibility index (Phi) is 4.40. The summed E-state index contributed by atoms with van der Waals surface area (Å²) in [6.07, 6.45) is 3.76. The highest BCUT2D eigenvalue weighted by molar-refractivity contribution is 5.76. The van der Waals surface area contributed by atoms with Crippen LogP contribution in [0.1, 0.15) is 17.5 Å². The molecule has 0 spiro atoms. The maximum atomic E-state index is 11.8. The highest BCUT2D eigenvalue weighted by Crippen LogP contribution is 2.17. The number of urea groups is 1. The quantitative estimate of drug-likeness (QED) is 0.733. The molecular weight excluding hydrogens is 256 g/mol. The first-order valence-corrected chi connectivity index (χ1v) is 6.56. The first-order chi connectivity index (χ1) is 9.56. The van der Waals surface area contributed by atoms with Gasteiger partial charge >= 0.3 is 12.0 Å². The molecule has 0 aromatic heterocycles. The predicted octanol–water partition coefficient (Wildman–Crippen LogP) is 1.82. The van der Waals surface area contributed by atoms with Crippen molar-refractivity contribution in [2.75, 3.05) is 0 Å². The van der Waals surface area contributed by atoms with E-state index in [0.717, 1.165) is 11.1 Å². The number of carbonyl (C=O) groups excluding carboxylic acids is 1. The largest absolute Gasteiger partial charge is 0.481 e. The zero-order valence-electron chi connectivity index (χ0n) is 11.3. The van der Waals surface area contributed by atoms with Crippen LogP contribution in [0.25, 0.3) is 0 Å². The number of carboxylic acids is 1. The summed E-state index contributed by atoms with van der Waals surface area (Å²) in [6, 6.07) is 7.34. The average molecular weight is 274 g/mol. The van der Waals surface area contributed by atoms with Crippen molar-refractivity contribution in [1.82, 2.24) is 10.6 Å². The van der Waals surface area contributed by atoms with Gasteiger partial charge in [0, 0.05) is 6.54 Å². The fraction of sp³-hybridized carbons (Fsp3) is 0.333. The van der Waals surface area contributed by atoms with Gasteiger partial charge in [-0.3, -0.25) is 4.79 Å². The van der Waals surface area contributed by atoms with Gasteiger partial charge in [0.1, 0.15) is 0 Å². The van der Waals surface area contributed by atoms with Crippen molar-refractivity contribution in [3.63, 3.8) is 0 Å². The molecule has 0 fully saturated rings. The van der Waals surface area contributed by atoms with E-state index in [0.29, 0.717) is 13.0 Å². The topological polar surface area (TPSA) is 78.4 Å². The van der Waals surface area contributed by atoms with Gasteiger partial charge in [-0.25, -0.2) is 4.79 Å². The van der Waals surface area contributed by atoms with Crippen LogP contribution < -0.4 is 10.6 Å². The molecule has 1 aliphatic carbocycles. The number of benzene rings is 1. The summed E-state index contributed by atoms with van der Waals surface area (Å²) in [6.45, 7) is 2.45. The molecule has 5 heteroatoms. The summed E-state index contributed by atoms with van der Waals surface area (Å²) < 4.78 is 0. The van der Waals surface area contributed by atoms with Crippen molar-refractivity contribution in [3.05, 3.63) is 47.5 Å². The minimum absolute atomic E-state index is 0.215. The van der Waals surface area contributed by atoms with Crippen molar-refractivity contribution in [3.8, 4) is 0 Å². The summed E-state index contributed by atoms with van der Waals surface area (Å²) in [5.74, 6) is -1.36. The van der Waals surface area contributed by atoms with Gasteiger partial charge in [0.25, 0.3) is 0 Å². The van der Waals surface area contributed by atoms with Crippen molar-refractivity contribution >= 4 is 12.0 Å². The lowest BCUT2D eigenvalue weighted by Crippen LogP contribution is -2.40. The van der Waals surface area contributed by atoms with Gasteiger partial charge in [-0.1, -0.05) is 36.4 Å². The number of aryl methyl sites for hydroxylation is 1. The van der Waals surface area contributed by atoms with Crippen LogP contribution in [-0.2, 0) is 11.3 Å². The van der Waals surface area contributed by atoms with Crippen molar-refractivity contribution < 1.29 is 14.7 Å². The third kappa shape index (κ3) is 3.60. The lowest BCUT2D eigenvalue weighted by atomic mass is 10.1. The molecule has 2 rings (SSSR count). The molecule has 0 aliphatic heterocycles. The highest BCUT2D eigenvalue weighted by atomic mass is 16.4. The number of hydrogen-bond acceptors (Lipinski definition) is 2. The van der Waals surface area contributed by atoms with Crippen molar-refractivity contribution in [2.24, 2.45) is 5.92 Å². The van der Waals surface area contributed by atoms with Crippen LogP contribution in [0.3, 0.4) is 0 Å². The number of nitrogens with one attached hydrogen (secondary N) is 2. The summed E-state index contributed by atoms with van der Waals surface area (Å²) in [5.41, 5.74) is 2.19. The van der Waals surface area contributed by atoms with E-state index in [1.807, 2.05) is 31.2 Å². The molecule has 0 heterocycles.